The number of hydrogen-bond donors (Lipinski definition) is 2. The molecule has 4 rings (SSSR count). The molecule has 0 spiro atoms. The zero-order chi connectivity index (χ0) is 21.1. The molecule has 2 N–H and O–H groups in total. The van der Waals surface area contributed by atoms with Crippen LogP contribution in [0.4, 0.5) is 0 Å². The minimum Gasteiger partial charge on any atom is -0.545 e. The number of carboxylic acid groups (broad SMARTS) is 1. The third-order valence-electron chi connectivity index (χ3n) is 5.55. The van der Waals surface area contributed by atoms with Crippen molar-refractivity contribution in [2.24, 2.45) is 0 Å². The summed E-state index contributed by atoms with van der Waals surface area (Å²) in [5.41, 5.74) is 8.17. The number of hydrogen-bond acceptors (Lipinski definition) is 4. The maximum absolute atomic E-state index is 12.3. The number of carbonyl (C=O) groups is 3. The minimum absolute atomic E-state index is 0.0664. The molecule has 2 aromatic carbocycles. The first-order valence-electron chi connectivity index (χ1n) is 10.0. The van der Waals surface area contributed by atoms with E-state index in [2.05, 4.69) is 27.6 Å². The Morgan fingerprint density at radius 3 is 2.40 bits per heavy atom. The van der Waals surface area contributed by atoms with Crippen LogP contribution in [-0.4, -0.2) is 22.4 Å². The van der Waals surface area contributed by atoms with Gasteiger partial charge in [0.2, 0.25) is 5.91 Å². The highest BCUT2D eigenvalue weighted by atomic mass is 16.4. The molecule has 0 fully saturated rings. The normalized spacial score (nSPS) is 12.9. The number of aryl methyl sites for hydroxylation is 2. The maximum atomic E-state index is 12.3. The highest BCUT2D eigenvalue weighted by Crippen LogP contribution is 2.32. The fourth-order valence-corrected chi connectivity index (χ4v) is 4.17. The molecule has 0 saturated heterocycles. The van der Waals surface area contributed by atoms with E-state index in [1.165, 1.54) is 41.3 Å². The van der Waals surface area contributed by atoms with Gasteiger partial charge in [-0.1, -0.05) is 36.4 Å². The van der Waals surface area contributed by atoms with E-state index in [1.54, 1.807) is 6.07 Å². The SMILES string of the molecule is O=C(CCn1c2c(c3ccccc31)CCCC2)NNC(=O)c1ccccc1C(=O)[O-]. The number of nitrogens with one attached hydrogen (secondary N) is 2. The van der Waals surface area contributed by atoms with Gasteiger partial charge in [0, 0.05) is 35.1 Å². The molecule has 1 aromatic heterocycles. The van der Waals surface area contributed by atoms with Crippen LogP contribution >= 0.6 is 0 Å². The molecule has 1 aliphatic rings. The van der Waals surface area contributed by atoms with Gasteiger partial charge in [-0.2, -0.15) is 0 Å². The second kappa shape index (κ2) is 8.41. The summed E-state index contributed by atoms with van der Waals surface area (Å²) in [4.78, 5) is 35.7. The summed E-state index contributed by atoms with van der Waals surface area (Å²) in [7, 11) is 0. The molecule has 0 unspecified atom stereocenters. The first-order chi connectivity index (χ1) is 14.6. The van der Waals surface area contributed by atoms with Gasteiger partial charge < -0.3 is 14.5 Å². The monoisotopic (exact) mass is 404 g/mol. The lowest BCUT2D eigenvalue weighted by molar-refractivity contribution is -0.255. The zero-order valence-electron chi connectivity index (χ0n) is 16.4. The van der Waals surface area contributed by atoms with Gasteiger partial charge in [0.1, 0.15) is 0 Å². The summed E-state index contributed by atoms with van der Waals surface area (Å²) in [6, 6.07) is 13.9. The van der Waals surface area contributed by atoms with Crippen LogP contribution in [0.3, 0.4) is 0 Å². The maximum Gasteiger partial charge on any atom is 0.270 e. The quantitative estimate of drug-likeness (QED) is 0.632. The van der Waals surface area contributed by atoms with Crippen LogP contribution in [-0.2, 0) is 24.2 Å². The zero-order valence-corrected chi connectivity index (χ0v) is 16.4. The number of para-hydroxylation sites is 1. The fraction of sp³-hybridized carbons (Fsp3) is 0.261. The predicted octanol–water partition coefficient (Wildman–Crippen LogP) is 1.73. The van der Waals surface area contributed by atoms with Gasteiger partial charge in [-0.3, -0.25) is 20.4 Å². The molecular formula is C23H22N3O4-. The van der Waals surface area contributed by atoms with Gasteiger partial charge in [-0.25, -0.2) is 0 Å². The topological polar surface area (TPSA) is 103 Å². The van der Waals surface area contributed by atoms with Crippen molar-refractivity contribution >= 4 is 28.7 Å². The number of carboxylic acids is 1. The van der Waals surface area contributed by atoms with Crippen LogP contribution in [0.2, 0.25) is 0 Å². The van der Waals surface area contributed by atoms with E-state index < -0.39 is 11.9 Å². The number of amides is 2. The molecule has 2 amide bonds. The van der Waals surface area contributed by atoms with Crippen molar-refractivity contribution in [2.75, 3.05) is 0 Å². The first-order valence-corrected chi connectivity index (χ1v) is 10.0. The van der Waals surface area contributed by atoms with E-state index in [-0.39, 0.29) is 23.5 Å². The Kier molecular flexibility index (Phi) is 5.52. The lowest BCUT2D eigenvalue weighted by Crippen LogP contribution is -2.42. The van der Waals surface area contributed by atoms with E-state index in [0.717, 1.165) is 24.8 Å². The first kappa shape index (κ1) is 19.7. The lowest BCUT2D eigenvalue weighted by Gasteiger charge is -2.16. The third kappa shape index (κ3) is 3.78. The Morgan fingerprint density at radius 2 is 1.60 bits per heavy atom. The number of nitrogens with zero attached hydrogens (tertiary/aromatic N) is 1. The Bertz CT molecular complexity index is 1130. The van der Waals surface area contributed by atoms with Gasteiger partial charge in [-0.15, -0.1) is 0 Å². The van der Waals surface area contributed by atoms with E-state index in [4.69, 9.17) is 0 Å². The highest BCUT2D eigenvalue weighted by molar-refractivity contribution is 6.04. The Morgan fingerprint density at radius 1 is 0.900 bits per heavy atom. The number of hydrazine groups is 1. The average molecular weight is 404 g/mol. The van der Waals surface area contributed by atoms with Gasteiger partial charge in [0.05, 0.1) is 11.5 Å². The van der Waals surface area contributed by atoms with Crippen molar-refractivity contribution in [3.63, 3.8) is 0 Å². The standard InChI is InChI=1S/C23H23N3O4/c27-21(24-25-22(28)17-9-1-2-10-18(17)23(29)30)13-14-26-19-11-5-3-7-15(19)16-8-4-6-12-20(16)26/h1-3,5,7,9-11H,4,6,8,12-14H2,(H,24,27)(H,25,28)(H,29,30)/p-1. The minimum atomic E-state index is -1.45. The fourth-order valence-electron chi connectivity index (χ4n) is 4.17. The van der Waals surface area contributed by atoms with Crippen molar-refractivity contribution in [3.8, 4) is 0 Å². The van der Waals surface area contributed by atoms with Crippen LogP contribution in [0.15, 0.2) is 48.5 Å². The van der Waals surface area contributed by atoms with Crippen molar-refractivity contribution < 1.29 is 19.5 Å². The molecule has 0 radical (unpaired) electrons. The van der Waals surface area contributed by atoms with Gasteiger partial charge in [0.25, 0.3) is 5.91 Å². The molecule has 0 saturated carbocycles. The van der Waals surface area contributed by atoms with Crippen LogP contribution in [0.1, 0.15) is 51.2 Å². The number of fused-ring (bicyclic) bond motifs is 3. The number of carbonyl (C=O) groups excluding carboxylic acids is 3. The van der Waals surface area contributed by atoms with Crippen LogP contribution in [0.5, 0.6) is 0 Å². The number of aromatic carboxylic acids is 1. The van der Waals surface area contributed by atoms with Crippen molar-refractivity contribution in [1.29, 1.82) is 0 Å². The van der Waals surface area contributed by atoms with Crippen molar-refractivity contribution in [3.05, 3.63) is 70.9 Å². The smallest absolute Gasteiger partial charge is 0.270 e. The molecule has 3 aromatic rings. The summed E-state index contributed by atoms with van der Waals surface area (Å²) >= 11 is 0. The molecule has 0 atom stereocenters. The molecule has 7 heteroatoms. The largest absolute Gasteiger partial charge is 0.545 e. The van der Waals surface area contributed by atoms with Crippen LogP contribution < -0.4 is 16.0 Å². The molecule has 0 aliphatic heterocycles. The van der Waals surface area contributed by atoms with Crippen LogP contribution in [0, 0.1) is 0 Å². The molecule has 0 bridgehead atoms. The van der Waals surface area contributed by atoms with E-state index in [0.29, 0.717) is 6.54 Å². The average Bonchev–Trinajstić information content (AvgIpc) is 3.10. The second-order valence-corrected chi connectivity index (χ2v) is 7.39. The molecular weight excluding hydrogens is 382 g/mol. The molecule has 7 nitrogen and oxygen atoms in total. The summed E-state index contributed by atoms with van der Waals surface area (Å²) in [6.45, 7) is 0.507. The Balaban J connectivity index is 1.42. The highest BCUT2D eigenvalue weighted by Gasteiger charge is 2.20. The second-order valence-electron chi connectivity index (χ2n) is 7.39. The van der Waals surface area contributed by atoms with Gasteiger partial charge >= 0.3 is 0 Å². The van der Waals surface area contributed by atoms with E-state index in [1.807, 2.05) is 12.1 Å². The van der Waals surface area contributed by atoms with Crippen LogP contribution in [0.25, 0.3) is 10.9 Å². The lowest BCUT2D eigenvalue weighted by atomic mass is 9.95. The summed E-state index contributed by atoms with van der Waals surface area (Å²) < 4.78 is 2.20. The summed E-state index contributed by atoms with van der Waals surface area (Å²) in [6.07, 6.45) is 4.57. The summed E-state index contributed by atoms with van der Waals surface area (Å²) in [5.74, 6) is -2.50. The van der Waals surface area contributed by atoms with Crippen molar-refractivity contribution in [1.82, 2.24) is 15.4 Å². The molecule has 30 heavy (non-hydrogen) atoms. The van der Waals surface area contributed by atoms with Crippen molar-refractivity contribution in [2.45, 2.75) is 38.6 Å². The Hall–Kier alpha value is -3.61. The molecule has 1 aliphatic carbocycles. The van der Waals surface area contributed by atoms with Gasteiger partial charge in [-0.05, 0) is 43.4 Å². The number of rotatable bonds is 5. The summed E-state index contributed by atoms with van der Waals surface area (Å²) in [5, 5.41) is 12.4. The molecule has 154 valence electrons. The molecule has 1 heterocycles. The van der Waals surface area contributed by atoms with Gasteiger partial charge in [0.15, 0.2) is 0 Å². The van der Waals surface area contributed by atoms with E-state index in [9.17, 15) is 19.5 Å². The Labute approximate surface area is 173 Å². The van der Waals surface area contributed by atoms with E-state index >= 15 is 0 Å². The predicted molar refractivity (Wildman–Crippen MR) is 110 cm³/mol. The number of aromatic nitrogens is 1. The third-order valence-corrected chi connectivity index (χ3v) is 5.55. The number of benzene rings is 2.